The molecule has 0 heterocycles. The normalized spacial score (nSPS) is 17.8. The molecule has 0 aliphatic carbocycles. The molecular formula is C15H30O. The van der Waals surface area contributed by atoms with Crippen molar-refractivity contribution in [1.29, 1.82) is 0 Å². The van der Waals surface area contributed by atoms with E-state index in [1.54, 1.807) is 0 Å². The molecule has 0 saturated heterocycles. The zero-order valence-corrected chi connectivity index (χ0v) is 12.2. The summed E-state index contributed by atoms with van der Waals surface area (Å²) in [6.45, 7) is 16.1. The molecule has 0 aromatic carbocycles. The van der Waals surface area contributed by atoms with Crippen molar-refractivity contribution in [2.24, 2.45) is 16.2 Å². The molecule has 0 spiro atoms. The smallest absolute Gasteiger partial charge is 0.0436 e. The summed E-state index contributed by atoms with van der Waals surface area (Å²) in [5.74, 6) is 0. The second-order valence-electron chi connectivity index (χ2n) is 6.30. The Labute approximate surface area is 102 Å². The average Bonchev–Trinajstić information content (AvgIpc) is 2.17. The Morgan fingerprint density at radius 1 is 1.00 bits per heavy atom. The zero-order valence-electron chi connectivity index (χ0n) is 12.2. The van der Waals surface area contributed by atoms with Crippen molar-refractivity contribution < 1.29 is 5.11 Å². The number of aliphatic hydroxyl groups is 1. The maximum absolute atomic E-state index is 9.25. The minimum atomic E-state index is 0.103. The van der Waals surface area contributed by atoms with Gasteiger partial charge in [-0.3, -0.25) is 0 Å². The van der Waals surface area contributed by atoms with Crippen molar-refractivity contribution in [3.8, 4) is 0 Å². The Bertz CT molecular complexity index is 238. The lowest BCUT2D eigenvalue weighted by atomic mass is 9.52. The van der Waals surface area contributed by atoms with Crippen molar-refractivity contribution in [1.82, 2.24) is 0 Å². The molecule has 16 heavy (non-hydrogen) atoms. The standard InChI is InChI=1S/C15H30O/c1-8-10-15(7,13(3,4)9-2)14(5,6)11-12-16/h8,10,16H,9,11-12H2,1-7H3/b10-8+. The molecule has 0 amide bonds. The Morgan fingerprint density at radius 2 is 1.50 bits per heavy atom. The quantitative estimate of drug-likeness (QED) is 0.665. The maximum atomic E-state index is 9.25. The molecular weight excluding hydrogens is 196 g/mol. The van der Waals surface area contributed by atoms with Gasteiger partial charge in [-0.15, -0.1) is 0 Å². The lowest BCUT2D eigenvalue weighted by Crippen LogP contribution is -2.45. The van der Waals surface area contributed by atoms with Gasteiger partial charge >= 0.3 is 0 Å². The Morgan fingerprint density at radius 3 is 1.81 bits per heavy atom. The fourth-order valence-electron chi connectivity index (χ4n) is 2.61. The van der Waals surface area contributed by atoms with E-state index >= 15 is 0 Å². The van der Waals surface area contributed by atoms with Crippen LogP contribution in [0.4, 0.5) is 0 Å². The molecule has 0 aromatic heterocycles. The Kier molecular flexibility index (Phi) is 5.25. The van der Waals surface area contributed by atoms with Crippen LogP contribution in [0.25, 0.3) is 0 Å². The van der Waals surface area contributed by atoms with Gasteiger partial charge in [0.25, 0.3) is 0 Å². The van der Waals surface area contributed by atoms with Gasteiger partial charge in [-0.2, -0.15) is 0 Å². The van der Waals surface area contributed by atoms with Gasteiger partial charge < -0.3 is 5.11 Å². The minimum Gasteiger partial charge on any atom is -0.396 e. The first-order chi connectivity index (χ1) is 7.18. The molecule has 0 saturated carbocycles. The fraction of sp³-hybridized carbons (Fsp3) is 0.867. The lowest BCUT2D eigenvalue weighted by Gasteiger charge is -2.53. The monoisotopic (exact) mass is 226 g/mol. The number of rotatable bonds is 6. The van der Waals surface area contributed by atoms with Gasteiger partial charge in [0.05, 0.1) is 0 Å². The molecule has 1 heteroatoms. The third-order valence-corrected chi connectivity index (χ3v) is 4.93. The highest BCUT2D eigenvalue weighted by Crippen LogP contribution is 2.55. The first-order valence-electron chi connectivity index (χ1n) is 6.43. The van der Waals surface area contributed by atoms with Gasteiger partial charge in [0.2, 0.25) is 0 Å². The number of allylic oxidation sites excluding steroid dienone is 2. The van der Waals surface area contributed by atoms with Crippen LogP contribution in [0.2, 0.25) is 0 Å². The van der Waals surface area contributed by atoms with Crippen LogP contribution in [-0.4, -0.2) is 11.7 Å². The highest BCUT2D eigenvalue weighted by molar-refractivity contribution is 5.10. The third kappa shape index (κ3) is 2.68. The van der Waals surface area contributed by atoms with E-state index in [2.05, 4.69) is 60.6 Å². The first kappa shape index (κ1) is 15.7. The van der Waals surface area contributed by atoms with Crippen molar-refractivity contribution >= 4 is 0 Å². The highest BCUT2D eigenvalue weighted by atomic mass is 16.3. The van der Waals surface area contributed by atoms with Gasteiger partial charge in [0, 0.05) is 6.61 Å². The molecule has 1 nitrogen and oxygen atoms in total. The summed E-state index contributed by atoms with van der Waals surface area (Å²) in [6, 6.07) is 0. The summed E-state index contributed by atoms with van der Waals surface area (Å²) in [6.07, 6.45) is 6.46. The van der Waals surface area contributed by atoms with E-state index in [0.29, 0.717) is 0 Å². The van der Waals surface area contributed by atoms with Gasteiger partial charge in [-0.05, 0) is 29.6 Å². The molecule has 0 radical (unpaired) electrons. The van der Waals surface area contributed by atoms with E-state index in [0.717, 1.165) is 12.8 Å². The fourth-order valence-corrected chi connectivity index (χ4v) is 2.61. The van der Waals surface area contributed by atoms with E-state index in [4.69, 9.17) is 0 Å². The molecule has 1 unspecified atom stereocenters. The third-order valence-electron chi connectivity index (χ3n) is 4.93. The second-order valence-corrected chi connectivity index (χ2v) is 6.30. The molecule has 0 fully saturated rings. The predicted octanol–water partition coefficient (Wildman–Crippen LogP) is 4.41. The molecule has 0 aliphatic rings. The van der Waals surface area contributed by atoms with Crippen LogP contribution in [-0.2, 0) is 0 Å². The molecule has 1 atom stereocenters. The summed E-state index contributed by atoms with van der Waals surface area (Å²) >= 11 is 0. The lowest BCUT2D eigenvalue weighted by molar-refractivity contribution is -0.00892. The molecule has 0 aromatic rings. The summed E-state index contributed by atoms with van der Waals surface area (Å²) < 4.78 is 0. The second kappa shape index (κ2) is 5.35. The van der Waals surface area contributed by atoms with E-state index in [1.165, 1.54) is 0 Å². The van der Waals surface area contributed by atoms with Gasteiger partial charge in [0.15, 0.2) is 0 Å². The highest BCUT2D eigenvalue weighted by Gasteiger charge is 2.47. The van der Waals surface area contributed by atoms with Crippen LogP contribution in [0.15, 0.2) is 12.2 Å². The van der Waals surface area contributed by atoms with Crippen LogP contribution in [0.3, 0.4) is 0 Å². The number of hydrogen-bond donors (Lipinski definition) is 1. The van der Waals surface area contributed by atoms with Crippen molar-refractivity contribution in [3.05, 3.63) is 12.2 Å². The molecule has 0 rings (SSSR count). The predicted molar refractivity (Wildman–Crippen MR) is 72.5 cm³/mol. The van der Waals surface area contributed by atoms with Crippen LogP contribution in [0, 0.1) is 16.2 Å². The topological polar surface area (TPSA) is 20.2 Å². The van der Waals surface area contributed by atoms with Crippen molar-refractivity contribution in [2.45, 2.75) is 61.3 Å². The zero-order chi connectivity index (χ0) is 13.0. The summed E-state index contributed by atoms with van der Waals surface area (Å²) in [7, 11) is 0. The minimum absolute atomic E-state index is 0.103. The molecule has 96 valence electrons. The van der Waals surface area contributed by atoms with Gasteiger partial charge in [-0.25, -0.2) is 0 Å². The number of hydrogen-bond acceptors (Lipinski definition) is 1. The van der Waals surface area contributed by atoms with Crippen LogP contribution < -0.4 is 0 Å². The van der Waals surface area contributed by atoms with E-state index in [9.17, 15) is 5.11 Å². The molecule has 0 bridgehead atoms. The molecule has 0 aliphatic heterocycles. The Hall–Kier alpha value is -0.300. The Balaban J connectivity index is 5.42. The van der Waals surface area contributed by atoms with Crippen LogP contribution in [0.1, 0.15) is 61.3 Å². The first-order valence-corrected chi connectivity index (χ1v) is 6.43. The number of aliphatic hydroxyl groups excluding tert-OH is 1. The van der Waals surface area contributed by atoms with E-state index in [-0.39, 0.29) is 22.9 Å². The summed E-state index contributed by atoms with van der Waals surface area (Å²) in [4.78, 5) is 0. The van der Waals surface area contributed by atoms with Crippen LogP contribution in [0.5, 0.6) is 0 Å². The van der Waals surface area contributed by atoms with E-state index < -0.39 is 0 Å². The van der Waals surface area contributed by atoms with Gasteiger partial charge in [-0.1, -0.05) is 60.1 Å². The van der Waals surface area contributed by atoms with Crippen molar-refractivity contribution in [2.75, 3.05) is 6.61 Å². The largest absolute Gasteiger partial charge is 0.396 e. The molecule has 1 N–H and O–H groups in total. The SMILES string of the molecule is C/C=C/C(C)(C(C)(C)CC)C(C)(C)CCO. The summed E-state index contributed by atoms with van der Waals surface area (Å²) in [5, 5.41) is 9.25. The van der Waals surface area contributed by atoms with Gasteiger partial charge in [0.1, 0.15) is 0 Å². The average molecular weight is 226 g/mol. The van der Waals surface area contributed by atoms with Crippen molar-refractivity contribution in [3.63, 3.8) is 0 Å². The summed E-state index contributed by atoms with van der Waals surface area (Å²) in [5.41, 5.74) is 0.443. The maximum Gasteiger partial charge on any atom is 0.0436 e. The van der Waals surface area contributed by atoms with E-state index in [1.807, 2.05) is 0 Å². The van der Waals surface area contributed by atoms with Crippen LogP contribution >= 0.6 is 0 Å².